The summed E-state index contributed by atoms with van der Waals surface area (Å²) in [5, 5.41) is 7.57. The van der Waals surface area contributed by atoms with E-state index in [-0.39, 0.29) is 0 Å². The van der Waals surface area contributed by atoms with E-state index in [9.17, 15) is 0 Å². The fraction of sp³-hybridized carbons (Fsp3) is 0. The predicted octanol–water partition coefficient (Wildman–Crippen LogP) is 5.72. The van der Waals surface area contributed by atoms with Gasteiger partial charge in [-0.15, -0.1) is 0 Å². The van der Waals surface area contributed by atoms with E-state index in [0.717, 1.165) is 22.8 Å². The van der Waals surface area contributed by atoms with Gasteiger partial charge in [0.25, 0.3) is 0 Å². The second-order valence-electron chi connectivity index (χ2n) is 10.8. The molecular formula is C36H20N4Pb. The molecule has 0 saturated heterocycles. The Balaban J connectivity index is 1.48. The molecule has 4 aromatic carbocycles. The quantitative estimate of drug-likeness (QED) is 0.181. The van der Waals surface area contributed by atoms with Crippen LogP contribution in [0, 0.1) is 0 Å². The summed E-state index contributed by atoms with van der Waals surface area (Å²) in [5.41, 5.74) is 11.4. The van der Waals surface area contributed by atoms with Crippen LogP contribution in [0.2, 0.25) is 0 Å². The monoisotopic (exact) mass is 716 g/mol. The molecule has 0 aliphatic carbocycles. The molecule has 6 heterocycles. The third-order valence-corrected chi connectivity index (χ3v) is 14.0. The number of rotatable bonds is 0. The van der Waals surface area contributed by atoms with E-state index in [2.05, 4.69) is 126 Å². The van der Waals surface area contributed by atoms with Gasteiger partial charge in [-0.1, -0.05) is 0 Å². The Bertz CT molecular complexity index is 2280. The van der Waals surface area contributed by atoms with E-state index in [4.69, 9.17) is 9.98 Å². The van der Waals surface area contributed by atoms with Gasteiger partial charge < -0.3 is 0 Å². The first-order chi connectivity index (χ1) is 20.3. The zero-order valence-corrected chi connectivity index (χ0v) is 25.7. The standard InChI is InChI=1S/C36H20N4.Pb/c1-2-10-22-21(9-1)29-17-31-23-11-3-4-12-24(23)33(38-31)19-35-27-15-7-8-16-28(27)36(40-35)20-34-26-14-6-5-13-25(26)32(39-34)18-30(22)37-29;/h1-20H;/q-2;+2. The van der Waals surface area contributed by atoms with Gasteiger partial charge >= 0.3 is 250 Å². The molecule has 0 fully saturated rings. The summed E-state index contributed by atoms with van der Waals surface area (Å²) < 4.78 is 5.31. The average molecular weight is 716 g/mol. The topological polar surface area (TPSA) is 34.6 Å². The van der Waals surface area contributed by atoms with E-state index in [0.29, 0.717) is 0 Å². The van der Waals surface area contributed by atoms with Crippen LogP contribution in [-0.2, 0) is 0 Å². The normalized spacial score (nSPS) is 15.7. The Labute approximate surface area is 248 Å². The van der Waals surface area contributed by atoms with Crippen molar-refractivity contribution in [3.8, 4) is 0 Å². The van der Waals surface area contributed by atoms with E-state index < -0.39 is 24.8 Å². The molecule has 4 aliphatic rings. The third kappa shape index (κ3) is 2.97. The molecule has 4 nitrogen and oxygen atoms in total. The number of hydrogen-bond donors (Lipinski definition) is 0. The second-order valence-corrected chi connectivity index (χ2v) is 15.1. The minimum absolute atomic E-state index is 1.04. The van der Waals surface area contributed by atoms with Crippen LogP contribution in [0.25, 0.3) is 57.2 Å². The van der Waals surface area contributed by atoms with Crippen LogP contribution in [0.4, 0.5) is 0 Å². The molecule has 0 atom stereocenters. The molecule has 0 amide bonds. The fourth-order valence-electron chi connectivity index (χ4n) is 6.80. The van der Waals surface area contributed by atoms with Crippen molar-refractivity contribution in [3.63, 3.8) is 0 Å². The Morgan fingerprint density at radius 2 is 0.829 bits per heavy atom. The van der Waals surface area contributed by atoms with Crippen LogP contribution in [0.3, 0.4) is 0 Å². The number of hydrogen-bond acceptors (Lipinski definition) is 2. The Hall–Kier alpha value is -4.56. The van der Waals surface area contributed by atoms with Gasteiger partial charge in [0.1, 0.15) is 0 Å². The van der Waals surface area contributed by atoms with Crippen molar-refractivity contribution in [2.75, 3.05) is 0 Å². The van der Waals surface area contributed by atoms with Crippen molar-refractivity contribution in [3.05, 3.63) is 141 Å². The summed E-state index contributed by atoms with van der Waals surface area (Å²) in [7, 11) is 0. The van der Waals surface area contributed by atoms with Gasteiger partial charge in [0.2, 0.25) is 0 Å². The van der Waals surface area contributed by atoms with Crippen LogP contribution >= 0.6 is 0 Å². The van der Waals surface area contributed by atoms with Crippen molar-refractivity contribution >= 4 is 93.5 Å². The van der Waals surface area contributed by atoms with Crippen molar-refractivity contribution in [1.29, 1.82) is 0 Å². The van der Waals surface area contributed by atoms with Crippen molar-refractivity contribution < 1.29 is 0 Å². The van der Waals surface area contributed by atoms with E-state index in [1.54, 1.807) is 0 Å². The molecule has 4 aliphatic heterocycles. The van der Waals surface area contributed by atoms with Crippen molar-refractivity contribution in [2.24, 2.45) is 9.98 Å². The van der Waals surface area contributed by atoms with Crippen LogP contribution < -0.4 is 10.7 Å². The molecule has 10 rings (SSSR count). The molecule has 0 spiro atoms. The molecule has 0 N–H and O–H groups in total. The molecular weight excluding hydrogens is 696 g/mol. The third-order valence-electron chi connectivity index (χ3n) is 8.66. The molecule has 0 unspecified atom stereocenters. The van der Waals surface area contributed by atoms with Gasteiger partial charge in [-0.3, -0.25) is 0 Å². The van der Waals surface area contributed by atoms with Crippen LogP contribution in [0.5, 0.6) is 0 Å². The number of fused-ring (bicyclic) bond motifs is 14. The average Bonchev–Trinajstić information content (AvgIpc) is 3.72. The summed E-state index contributed by atoms with van der Waals surface area (Å²) in [4.78, 5) is 10.6. The summed E-state index contributed by atoms with van der Waals surface area (Å²) in [5.74, 6) is 0. The van der Waals surface area contributed by atoms with Crippen LogP contribution in [0.15, 0.2) is 107 Å². The molecule has 2 radical (unpaired) electrons. The van der Waals surface area contributed by atoms with Crippen molar-refractivity contribution in [1.82, 2.24) is 4.75 Å². The second kappa shape index (κ2) is 8.01. The number of nitrogens with zero attached hydrogens (tertiary/aromatic N) is 4. The first kappa shape index (κ1) is 22.2. The number of aromatic nitrogens is 2. The molecule has 6 bridgehead atoms. The summed E-state index contributed by atoms with van der Waals surface area (Å²) in [6.07, 6.45) is 9.32. The Morgan fingerprint density at radius 1 is 0.415 bits per heavy atom. The van der Waals surface area contributed by atoms with Crippen LogP contribution in [-0.4, -0.2) is 41.0 Å². The van der Waals surface area contributed by atoms with Crippen LogP contribution in [0.1, 0.15) is 33.6 Å². The first-order valence-corrected chi connectivity index (χ1v) is 17.3. The fourth-order valence-corrected chi connectivity index (χ4v) is 12.1. The molecule has 41 heavy (non-hydrogen) atoms. The summed E-state index contributed by atoms with van der Waals surface area (Å²) >= 11 is -1.81. The number of aliphatic imine (C=N–C) groups is 2. The molecule has 5 heteroatoms. The van der Waals surface area contributed by atoms with Gasteiger partial charge in [-0.25, -0.2) is 0 Å². The molecule has 0 saturated carbocycles. The van der Waals surface area contributed by atoms with Crippen molar-refractivity contribution in [2.45, 2.75) is 0 Å². The van der Waals surface area contributed by atoms with Gasteiger partial charge in [0.15, 0.2) is 0 Å². The van der Waals surface area contributed by atoms with E-state index in [1.165, 1.54) is 65.9 Å². The molecule has 2 aromatic heterocycles. The molecule has 6 aromatic rings. The summed E-state index contributed by atoms with van der Waals surface area (Å²) in [6, 6.07) is 35.0. The van der Waals surface area contributed by atoms with Gasteiger partial charge in [-0.05, 0) is 0 Å². The van der Waals surface area contributed by atoms with E-state index >= 15 is 0 Å². The Kier molecular flexibility index (Phi) is 4.33. The maximum atomic E-state index is 5.28. The first-order valence-electron chi connectivity index (χ1n) is 13.9. The van der Waals surface area contributed by atoms with E-state index in [1.807, 2.05) is 0 Å². The maximum absolute atomic E-state index is 5.28. The zero-order valence-electron chi connectivity index (χ0n) is 21.8. The summed E-state index contributed by atoms with van der Waals surface area (Å²) in [6.45, 7) is 0. The predicted molar refractivity (Wildman–Crippen MR) is 170 cm³/mol. The Morgan fingerprint density at radius 3 is 1.32 bits per heavy atom. The SMILES string of the molecule is C1=C2N=C(C=c3c4ccccc4c4[n]3[Pb][n]3c1c1ccccc1c3C=C1N=C(C=4)c3ccccc31)c1ccccc12. The zero-order chi connectivity index (χ0) is 26.7. The molecule has 188 valence electrons. The minimum atomic E-state index is -1.81. The number of benzene rings is 4. The van der Waals surface area contributed by atoms with Gasteiger partial charge in [0, 0.05) is 0 Å². The van der Waals surface area contributed by atoms with Gasteiger partial charge in [0.05, 0.1) is 0 Å². The van der Waals surface area contributed by atoms with Gasteiger partial charge in [-0.2, -0.15) is 0 Å².